The number of methoxy groups -OCH3 is 1. The largest absolute Gasteiger partial charge is 0.497 e. The molecule has 1 fully saturated rings. The van der Waals surface area contributed by atoms with Crippen LogP contribution in [-0.2, 0) is 9.53 Å². The Labute approximate surface area is 256 Å². The fourth-order valence-corrected chi connectivity index (χ4v) is 6.48. The minimum atomic E-state index is -0.763. The van der Waals surface area contributed by atoms with E-state index in [1.807, 2.05) is 35.2 Å². The molecule has 0 spiro atoms. The molecule has 1 N–H and O–H groups in total. The summed E-state index contributed by atoms with van der Waals surface area (Å²) in [5.41, 5.74) is 2.77. The van der Waals surface area contributed by atoms with Gasteiger partial charge in [-0.3, -0.25) is 24.3 Å². The summed E-state index contributed by atoms with van der Waals surface area (Å²) in [7, 11) is 1.57. The monoisotopic (exact) mass is 611 g/mol. The molecule has 1 saturated heterocycles. The Hall–Kier alpha value is -5.07. The molecule has 0 unspecified atom stereocenters. The minimum absolute atomic E-state index is 0.0414. The zero-order chi connectivity index (χ0) is 30.8. The van der Waals surface area contributed by atoms with Gasteiger partial charge in [0.15, 0.2) is 4.80 Å². The summed E-state index contributed by atoms with van der Waals surface area (Å²) in [5.74, 6) is 0.265. The van der Waals surface area contributed by atoms with Crippen molar-refractivity contribution in [3.63, 3.8) is 0 Å². The van der Waals surface area contributed by atoms with E-state index >= 15 is 0 Å². The minimum Gasteiger partial charge on any atom is -0.497 e. The molecule has 12 heteroatoms. The van der Waals surface area contributed by atoms with E-state index in [4.69, 9.17) is 9.47 Å². The third-order valence-corrected chi connectivity index (χ3v) is 8.56. The predicted octanol–water partition coefficient (Wildman–Crippen LogP) is 3.63. The number of aromatic nitrogens is 1. The lowest BCUT2D eigenvalue weighted by Gasteiger charge is -2.28. The summed E-state index contributed by atoms with van der Waals surface area (Å²) in [6.07, 6.45) is 1.63. The number of amides is 1. The van der Waals surface area contributed by atoms with E-state index in [1.165, 1.54) is 22.0 Å². The van der Waals surface area contributed by atoms with Crippen molar-refractivity contribution in [3.8, 4) is 5.75 Å². The van der Waals surface area contributed by atoms with Gasteiger partial charge in [0.2, 0.25) is 0 Å². The Morgan fingerprint density at radius 2 is 1.84 bits per heavy atom. The van der Waals surface area contributed by atoms with E-state index in [0.29, 0.717) is 75.2 Å². The van der Waals surface area contributed by atoms with Crippen LogP contribution in [0.1, 0.15) is 24.1 Å². The lowest BCUT2D eigenvalue weighted by atomic mass is 9.95. The number of carbonyl (C=O) groups is 1. The summed E-state index contributed by atoms with van der Waals surface area (Å²) in [6.45, 7) is 3.87. The highest BCUT2D eigenvalue weighted by molar-refractivity contribution is 7.07. The fraction of sp³-hybridized carbons (Fsp3) is 0.219. The van der Waals surface area contributed by atoms with Gasteiger partial charge < -0.3 is 19.7 Å². The summed E-state index contributed by atoms with van der Waals surface area (Å²) in [6, 6.07) is 20.5. The maximum atomic E-state index is 14.0. The number of nitro groups is 1. The molecule has 44 heavy (non-hydrogen) atoms. The van der Waals surface area contributed by atoms with E-state index in [0.717, 1.165) is 0 Å². The highest BCUT2D eigenvalue weighted by Gasteiger charge is 2.32. The van der Waals surface area contributed by atoms with Crippen molar-refractivity contribution in [2.24, 2.45) is 4.99 Å². The van der Waals surface area contributed by atoms with Gasteiger partial charge in [-0.25, -0.2) is 4.99 Å². The molecule has 1 atom stereocenters. The molecule has 0 aliphatic carbocycles. The predicted molar refractivity (Wildman–Crippen MR) is 168 cm³/mol. The highest BCUT2D eigenvalue weighted by atomic mass is 32.1. The molecule has 6 rings (SSSR count). The number of rotatable bonds is 7. The molecular weight excluding hydrogens is 582 g/mol. The maximum Gasteiger partial charge on any atom is 0.293 e. The van der Waals surface area contributed by atoms with E-state index in [1.54, 1.807) is 56.5 Å². The Morgan fingerprint density at radius 1 is 1.11 bits per heavy atom. The first-order valence-corrected chi connectivity index (χ1v) is 14.8. The second kappa shape index (κ2) is 12.3. The van der Waals surface area contributed by atoms with Gasteiger partial charge >= 0.3 is 0 Å². The van der Waals surface area contributed by atoms with Gasteiger partial charge in [-0.2, -0.15) is 0 Å². The molecule has 2 aliphatic rings. The molecular formula is C32H29N5O6S. The van der Waals surface area contributed by atoms with Gasteiger partial charge in [-0.15, -0.1) is 0 Å². The molecule has 1 amide bonds. The third kappa shape index (κ3) is 5.64. The maximum absolute atomic E-state index is 14.0. The van der Waals surface area contributed by atoms with Crippen LogP contribution in [-0.4, -0.2) is 48.8 Å². The average Bonchev–Trinajstić information content (AvgIpc) is 3.34. The number of morpholine rings is 1. The van der Waals surface area contributed by atoms with E-state index < -0.39 is 11.0 Å². The van der Waals surface area contributed by atoms with Crippen LogP contribution >= 0.6 is 11.3 Å². The SMILES string of the molecule is COc1ccc([C@H]2C(C(=O)Nc3ccccc3)=C(C)N=c3s/c(=C\c4ccc(N5CCOCC5)c([N+](=O)[O-])c4)c(=O)n32)cc1. The first-order chi connectivity index (χ1) is 21.3. The van der Waals surface area contributed by atoms with Crippen molar-refractivity contribution < 1.29 is 19.2 Å². The lowest BCUT2D eigenvalue weighted by molar-refractivity contribution is -0.384. The number of para-hydroxylation sites is 1. The van der Waals surface area contributed by atoms with Gasteiger partial charge in [0.25, 0.3) is 17.2 Å². The number of ether oxygens (including phenoxy) is 2. The van der Waals surface area contributed by atoms with Crippen molar-refractivity contribution >= 4 is 40.4 Å². The molecule has 0 radical (unpaired) electrons. The van der Waals surface area contributed by atoms with Crippen LogP contribution in [0.5, 0.6) is 5.75 Å². The number of hydrogen-bond donors (Lipinski definition) is 1. The van der Waals surface area contributed by atoms with E-state index in [9.17, 15) is 19.7 Å². The molecule has 2 aliphatic heterocycles. The smallest absolute Gasteiger partial charge is 0.293 e. The van der Waals surface area contributed by atoms with E-state index in [2.05, 4.69) is 10.3 Å². The van der Waals surface area contributed by atoms with Gasteiger partial charge in [0, 0.05) is 24.8 Å². The van der Waals surface area contributed by atoms with Crippen molar-refractivity contribution in [2.75, 3.05) is 43.6 Å². The van der Waals surface area contributed by atoms with Crippen LogP contribution in [0.3, 0.4) is 0 Å². The number of anilines is 2. The van der Waals surface area contributed by atoms with Crippen LogP contribution in [0, 0.1) is 10.1 Å². The number of nitrogens with one attached hydrogen (secondary N) is 1. The van der Waals surface area contributed by atoms with Crippen molar-refractivity contribution in [2.45, 2.75) is 13.0 Å². The van der Waals surface area contributed by atoms with Gasteiger partial charge in [-0.1, -0.05) is 47.7 Å². The summed E-state index contributed by atoms with van der Waals surface area (Å²) in [5, 5.41) is 14.9. The Kier molecular flexibility index (Phi) is 8.09. The number of thiazole rings is 1. The molecule has 3 heterocycles. The molecule has 224 valence electrons. The number of allylic oxidation sites excluding steroid dienone is 1. The summed E-state index contributed by atoms with van der Waals surface area (Å²) in [4.78, 5) is 46.4. The zero-order valence-corrected chi connectivity index (χ0v) is 24.9. The molecule has 0 bridgehead atoms. The number of fused-ring (bicyclic) bond motifs is 1. The normalized spacial score (nSPS) is 16.7. The molecule has 3 aromatic carbocycles. The second-order valence-corrected chi connectivity index (χ2v) is 11.3. The Bertz CT molecular complexity index is 1940. The fourth-order valence-electron chi connectivity index (χ4n) is 5.43. The van der Waals surface area contributed by atoms with Gasteiger partial charge in [0.1, 0.15) is 11.4 Å². The lowest BCUT2D eigenvalue weighted by Crippen LogP contribution is -2.40. The third-order valence-electron chi connectivity index (χ3n) is 7.58. The van der Waals surface area contributed by atoms with Crippen molar-refractivity contribution in [1.82, 2.24) is 4.57 Å². The molecule has 0 saturated carbocycles. The van der Waals surface area contributed by atoms with Crippen LogP contribution in [0.4, 0.5) is 17.1 Å². The van der Waals surface area contributed by atoms with Crippen molar-refractivity contribution in [3.05, 3.63) is 125 Å². The quantitative estimate of drug-likeness (QED) is 0.250. The van der Waals surface area contributed by atoms with Crippen molar-refractivity contribution in [1.29, 1.82) is 0 Å². The number of hydrogen-bond acceptors (Lipinski definition) is 9. The number of benzene rings is 3. The van der Waals surface area contributed by atoms with Crippen LogP contribution < -0.4 is 29.8 Å². The topological polar surface area (TPSA) is 128 Å². The second-order valence-electron chi connectivity index (χ2n) is 10.3. The first-order valence-electron chi connectivity index (χ1n) is 14.0. The van der Waals surface area contributed by atoms with Gasteiger partial charge in [0.05, 0.1) is 47.1 Å². The number of nitrogens with zero attached hydrogens (tertiary/aromatic N) is 4. The summed E-state index contributed by atoms with van der Waals surface area (Å²) < 4.78 is 12.6. The molecule has 11 nitrogen and oxygen atoms in total. The van der Waals surface area contributed by atoms with Crippen LogP contribution in [0.2, 0.25) is 0 Å². The Balaban J connectivity index is 1.45. The standard InChI is InChI=1S/C32H29N5O6S/c1-20-28(30(38)34-23-6-4-3-5-7-23)29(22-9-11-24(42-2)12-10-22)36-31(39)27(44-32(36)33-20)19-21-8-13-25(26(18-21)37(40)41)35-14-16-43-17-15-35/h3-13,18-19,29H,14-17H2,1-2H3,(H,34,38)/b27-19-/t29-/m0/s1. The van der Waals surface area contributed by atoms with Gasteiger partial charge in [-0.05, 0) is 54.5 Å². The number of carbonyl (C=O) groups excluding carboxylic acids is 1. The number of nitro benzene ring substituents is 1. The molecule has 1 aromatic heterocycles. The summed E-state index contributed by atoms with van der Waals surface area (Å²) >= 11 is 1.17. The highest BCUT2D eigenvalue weighted by Crippen LogP contribution is 2.32. The van der Waals surface area contributed by atoms with Crippen LogP contribution in [0.25, 0.3) is 6.08 Å². The van der Waals surface area contributed by atoms with Crippen LogP contribution in [0.15, 0.2) is 93.9 Å². The van der Waals surface area contributed by atoms with E-state index in [-0.39, 0.29) is 17.2 Å². The zero-order valence-electron chi connectivity index (χ0n) is 24.1. The average molecular weight is 612 g/mol. The first kappa shape index (κ1) is 29.0. The Morgan fingerprint density at radius 3 is 2.52 bits per heavy atom. The molecule has 4 aromatic rings.